The standard InChI is InChI=1S/C14H19N3O/c1-3-17-9-7-14(11-15,8-10-17)12-5-4-6-13(16-12)18-2/h4-6H,3,7-10H2,1-2H3. The topological polar surface area (TPSA) is 49.2 Å². The fourth-order valence-corrected chi connectivity index (χ4v) is 2.47. The van der Waals surface area contributed by atoms with Gasteiger partial charge in [0, 0.05) is 19.2 Å². The summed E-state index contributed by atoms with van der Waals surface area (Å²) in [7, 11) is 1.60. The van der Waals surface area contributed by atoms with E-state index in [9.17, 15) is 5.26 Å². The second kappa shape index (κ2) is 5.36. The molecular weight excluding hydrogens is 226 g/mol. The first-order chi connectivity index (χ1) is 8.74. The van der Waals surface area contributed by atoms with E-state index in [2.05, 4.69) is 22.9 Å². The second-order valence-electron chi connectivity index (χ2n) is 4.69. The summed E-state index contributed by atoms with van der Waals surface area (Å²) < 4.78 is 5.15. The van der Waals surface area contributed by atoms with E-state index in [0.717, 1.165) is 38.2 Å². The van der Waals surface area contributed by atoms with Crippen LogP contribution in [0.15, 0.2) is 18.2 Å². The van der Waals surface area contributed by atoms with Crippen LogP contribution in [0.25, 0.3) is 0 Å². The molecule has 0 aliphatic carbocycles. The number of hydrogen-bond donors (Lipinski definition) is 0. The number of piperidine rings is 1. The molecule has 1 fully saturated rings. The molecule has 2 heterocycles. The van der Waals surface area contributed by atoms with Crippen LogP contribution < -0.4 is 4.74 Å². The van der Waals surface area contributed by atoms with Crippen LogP contribution in [0.3, 0.4) is 0 Å². The van der Waals surface area contributed by atoms with Crippen molar-refractivity contribution in [1.29, 1.82) is 5.26 Å². The van der Waals surface area contributed by atoms with E-state index in [1.165, 1.54) is 0 Å². The van der Waals surface area contributed by atoms with Crippen LogP contribution in [0.2, 0.25) is 0 Å². The quantitative estimate of drug-likeness (QED) is 0.817. The average Bonchev–Trinajstić information content (AvgIpc) is 2.47. The van der Waals surface area contributed by atoms with Crippen LogP contribution in [-0.4, -0.2) is 36.6 Å². The highest BCUT2D eigenvalue weighted by molar-refractivity contribution is 5.30. The van der Waals surface area contributed by atoms with E-state index < -0.39 is 5.41 Å². The Morgan fingerprint density at radius 1 is 1.44 bits per heavy atom. The maximum atomic E-state index is 9.57. The Hall–Kier alpha value is -1.60. The molecule has 18 heavy (non-hydrogen) atoms. The van der Waals surface area contributed by atoms with E-state index in [4.69, 9.17) is 4.74 Å². The van der Waals surface area contributed by atoms with Crippen LogP contribution in [0.4, 0.5) is 0 Å². The van der Waals surface area contributed by atoms with Crippen molar-refractivity contribution in [3.63, 3.8) is 0 Å². The van der Waals surface area contributed by atoms with E-state index in [1.54, 1.807) is 7.11 Å². The molecule has 1 saturated heterocycles. The predicted octanol–water partition coefficient (Wildman–Crippen LogP) is 1.97. The Morgan fingerprint density at radius 3 is 2.72 bits per heavy atom. The van der Waals surface area contributed by atoms with Crippen molar-refractivity contribution in [2.75, 3.05) is 26.7 Å². The minimum absolute atomic E-state index is 0.444. The predicted molar refractivity (Wildman–Crippen MR) is 69.4 cm³/mol. The van der Waals surface area contributed by atoms with Crippen molar-refractivity contribution in [3.05, 3.63) is 23.9 Å². The molecule has 1 aromatic rings. The summed E-state index contributed by atoms with van der Waals surface area (Å²) in [6, 6.07) is 8.15. The molecular formula is C14H19N3O. The smallest absolute Gasteiger partial charge is 0.213 e. The molecule has 0 atom stereocenters. The van der Waals surface area contributed by atoms with Crippen molar-refractivity contribution in [3.8, 4) is 11.9 Å². The number of pyridine rings is 1. The lowest BCUT2D eigenvalue weighted by Gasteiger charge is -2.36. The number of nitriles is 1. The van der Waals surface area contributed by atoms with Gasteiger partial charge in [-0.1, -0.05) is 13.0 Å². The molecule has 2 rings (SSSR count). The first kappa shape index (κ1) is 12.8. The van der Waals surface area contributed by atoms with Crippen molar-refractivity contribution in [1.82, 2.24) is 9.88 Å². The zero-order valence-electron chi connectivity index (χ0n) is 11.0. The van der Waals surface area contributed by atoms with Gasteiger partial charge in [0.25, 0.3) is 0 Å². The van der Waals surface area contributed by atoms with Crippen LogP contribution in [0, 0.1) is 11.3 Å². The Kier molecular flexibility index (Phi) is 3.83. The summed E-state index contributed by atoms with van der Waals surface area (Å²) in [5.41, 5.74) is 0.403. The van der Waals surface area contributed by atoms with Gasteiger partial charge in [-0.05, 0) is 25.5 Å². The summed E-state index contributed by atoms with van der Waals surface area (Å²) in [4.78, 5) is 6.82. The minimum atomic E-state index is -0.444. The zero-order valence-corrected chi connectivity index (χ0v) is 11.0. The van der Waals surface area contributed by atoms with Crippen LogP contribution in [0.5, 0.6) is 5.88 Å². The van der Waals surface area contributed by atoms with E-state index in [1.807, 2.05) is 18.2 Å². The summed E-state index contributed by atoms with van der Waals surface area (Å²) in [5.74, 6) is 0.583. The summed E-state index contributed by atoms with van der Waals surface area (Å²) in [6.45, 7) is 5.13. The molecule has 0 unspecified atom stereocenters. The van der Waals surface area contributed by atoms with Gasteiger partial charge in [0.1, 0.15) is 5.41 Å². The van der Waals surface area contributed by atoms with Crippen molar-refractivity contribution in [2.24, 2.45) is 0 Å². The van der Waals surface area contributed by atoms with Gasteiger partial charge in [-0.25, -0.2) is 4.98 Å². The average molecular weight is 245 g/mol. The van der Waals surface area contributed by atoms with Gasteiger partial charge in [0.05, 0.1) is 18.9 Å². The Bertz CT molecular complexity index is 445. The van der Waals surface area contributed by atoms with Gasteiger partial charge in [-0.2, -0.15) is 5.26 Å². The molecule has 0 aromatic carbocycles. The molecule has 4 nitrogen and oxygen atoms in total. The number of rotatable bonds is 3. The number of nitrogens with zero attached hydrogens (tertiary/aromatic N) is 3. The lowest BCUT2D eigenvalue weighted by Crippen LogP contribution is -2.42. The molecule has 1 aliphatic heterocycles. The summed E-state index contributed by atoms with van der Waals surface area (Å²) in [6.07, 6.45) is 1.69. The molecule has 0 saturated carbocycles. The largest absolute Gasteiger partial charge is 0.481 e. The molecule has 0 radical (unpaired) electrons. The summed E-state index contributed by atoms with van der Waals surface area (Å²) >= 11 is 0. The lowest BCUT2D eigenvalue weighted by molar-refractivity contribution is 0.191. The second-order valence-corrected chi connectivity index (χ2v) is 4.69. The van der Waals surface area contributed by atoms with Gasteiger partial charge >= 0.3 is 0 Å². The molecule has 0 amide bonds. The molecule has 1 aliphatic rings. The van der Waals surface area contributed by atoms with Crippen LogP contribution in [-0.2, 0) is 5.41 Å². The fourth-order valence-electron chi connectivity index (χ4n) is 2.47. The molecule has 0 N–H and O–H groups in total. The lowest BCUT2D eigenvalue weighted by atomic mass is 9.76. The Labute approximate surface area is 108 Å². The normalized spacial score (nSPS) is 19.2. The van der Waals surface area contributed by atoms with E-state index in [0.29, 0.717) is 5.88 Å². The van der Waals surface area contributed by atoms with Gasteiger partial charge in [0.15, 0.2) is 0 Å². The highest BCUT2D eigenvalue weighted by atomic mass is 16.5. The Morgan fingerprint density at radius 2 is 2.17 bits per heavy atom. The highest BCUT2D eigenvalue weighted by Gasteiger charge is 2.37. The number of hydrogen-bond acceptors (Lipinski definition) is 4. The fraction of sp³-hybridized carbons (Fsp3) is 0.571. The third kappa shape index (κ3) is 2.32. The van der Waals surface area contributed by atoms with Crippen molar-refractivity contribution < 1.29 is 4.74 Å². The zero-order chi connectivity index (χ0) is 13.0. The third-order valence-corrected chi connectivity index (χ3v) is 3.79. The SMILES string of the molecule is CCN1CCC(C#N)(c2cccc(OC)n2)CC1. The first-order valence-electron chi connectivity index (χ1n) is 6.39. The molecule has 4 heteroatoms. The van der Waals surface area contributed by atoms with Gasteiger partial charge < -0.3 is 9.64 Å². The molecule has 0 spiro atoms. The number of ether oxygens (including phenoxy) is 1. The monoisotopic (exact) mass is 245 g/mol. The van der Waals surface area contributed by atoms with Crippen LogP contribution in [0.1, 0.15) is 25.5 Å². The van der Waals surface area contributed by atoms with E-state index >= 15 is 0 Å². The van der Waals surface area contributed by atoms with Crippen LogP contribution >= 0.6 is 0 Å². The molecule has 1 aromatic heterocycles. The molecule has 96 valence electrons. The first-order valence-corrected chi connectivity index (χ1v) is 6.39. The van der Waals surface area contributed by atoms with Crippen molar-refractivity contribution in [2.45, 2.75) is 25.2 Å². The van der Waals surface area contributed by atoms with Gasteiger partial charge in [0.2, 0.25) is 5.88 Å². The van der Waals surface area contributed by atoms with Gasteiger partial charge in [-0.15, -0.1) is 0 Å². The minimum Gasteiger partial charge on any atom is -0.481 e. The summed E-state index contributed by atoms with van der Waals surface area (Å²) in [5, 5.41) is 9.57. The maximum Gasteiger partial charge on any atom is 0.213 e. The molecule has 0 bridgehead atoms. The number of aromatic nitrogens is 1. The van der Waals surface area contributed by atoms with Gasteiger partial charge in [-0.3, -0.25) is 0 Å². The maximum absolute atomic E-state index is 9.57. The van der Waals surface area contributed by atoms with E-state index in [-0.39, 0.29) is 0 Å². The number of methoxy groups -OCH3 is 1. The highest BCUT2D eigenvalue weighted by Crippen LogP contribution is 2.34. The Balaban J connectivity index is 2.25. The third-order valence-electron chi connectivity index (χ3n) is 3.79. The van der Waals surface area contributed by atoms with Crippen molar-refractivity contribution >= 4 is 0 Å². The number of likely N-dealkylation sites (tertiary alicyclic amines) is 1.